The second-order valence-electron chi connectivity index (χ2n) is 5.70. The summed E-state index contributed by atoms with van der Waals surface area (Å²) in [4.78, 5) is 16.4. The monoisotopic (exact) mass is 347 g/mol. The van der Waals surface area contributed by atoms with Gasteiger partial charge in [0.15, 0.2) is 5.82 Å². The number of halogens is 1. The van der Waals surface area contributed by atoms with Crippen molar-refractivity contribution in [2.24, 2.45) is 0 Å². The summed E-state index contributed by atoms with van der Waals surface area (Å²) in [5, 5.41) is 11.0. The van der Waals surface area contributed by atoms with E-state index < -0.39 is 0 Å². The molecule has 7 heteroatoms. The molecule has 1 amide bonds. The van der Waals surface area contributed by atoms with Crippen LogP contribution in [0.2, 0.25) is 0 Å². The van der Waals surface area contributed by atoms with E-state index in [0.29, 0.717) is 23.7 Å². The Labute approximate surface area is 148 Å². The van der Waals surface area contributed by atoms with E-state index >= 15 is 0 Å². The first-order valence-corrected chi connectivity index (χ1v) is 7.99. The molecular weight excluding hydrogens is 333 g/mol. The van der Waals surface area contributed by atoms with E-state index in [-0.39, 0.29) is 11.7 Å². The van der Waals surface area contributed by atoms with E-state index in [4.69, 9.17) is 0 Å². The van der Waals surface area contributed by atoms with Gasteiger partial charge in [0.2, 0.25) is 0 Å². The molecule has 0 unspecified atom stereocenters. The predicted molar refractivity (Wildman–Crippen MR) is 93.8 cm³/mol. The number of aromatic nitrogens is 4. The lowest BCUT2D eigenvalue weighted by Crippen LogP contribution is -2.22. The highest BCUT2D eigenvalue weighted by Crippen LogP contribution is 2.18. The number of nitrogens with zero attached hydrogens (tertiary/aromatic N) is 4. The van der Waals surface area contributed by atoms with Crippen LogP contribution < -0.4 is 5.32 Å². The molecule has 4 rings (SSSR count). The van der Waals surface area contributed by atoms with Crippen LogP contribution in [-0.2, 0) is 6.54 Å². The van der Waals surface area contributed by atoms with Crippen molar-refractivity contribution in [1.29, 1.82) is 0 Å². The summed E-state index contributed by atoms with van der Waals surface area (Å²) in [6.07, 6.45) is 3.49. The molecule has 0 saturated carbocycles. The van der Waals surface area contributed by atoms with Crippen molar-refractivity contribution in [2.75, 3.05) is 0 Å². The summed E-state index contributed by atoms with van der Waals surface area (Å²) in [7, 11) is 0. The van der Waals surface area contributed by atoms with Crippen LogP contribution in [-0.4, -0.2) is 25.5 Å². The Hall–Kier alpha value is -3.61. The van der Waals surface area contributed by atoms with Gasteiger partial charge in [-0.15, -0.1) is 10.2 Å². The summed E-state index contributed by atoms with van der Waals surface area (Å²) < 4.78 is 14.7. The standard InChI is InChI=1S/C19H14FN5O/c20-16-8-2-13(3-9-16)12-22-18(26)15-6-4-14(5-7-15)17-23-24-19-21-10-1-11-25(17)19/h1-11H,12H2,(H,22,26). The van der Waals surface area contributed by atoms with Gasteiger partial charge >= 0.3 is 0 Å². The van der Waals surface area contributed by atoms with Gasteiger partial charge < -0.3 is 5.32 Å². The van der Waals surface area contributed by atoms with E-state index in [2.05, 4.69) is 20.5 Å². The lowest BCUT2D eigenvalue weighted by Gasteiger charge is -2.06. The maximum absolute atomic E-state index is 12.9. The highest BCUT2D eigenvalue weighted by atomic mass is 19.1. The van der Waals surface area contributed by atoms with E-state index in [1.165, 1.54) is 12.1 Å². The topological polar surface area (TPSA) is 72.2 Å². The molecule has 0 saturated heterocycles. The molecule has 0 atom stereocenters. The molecule has 0 aliphatic heterocycles. The van der Waals surface area contributed by atoms with Gasteiger partial charge in [-0.05, 0) is 35.9 Å². The molecule has 2 aromatic heterocycles. The Morgan fingerprint density at radius 2 is 1.81 bits per heavy atom. The predicted octanol–water partition coefficient (Wildman–Crippen LogP) is 2.86. The molecule has 26 heavy (non-hydrogen) atoms. The molecule has 0 aliphatic carbocycles. The number of carbonyl (C=O) groups is 1. The fourth-order valence-corrected chi connectivity index (χ4v) is 2.60. The van der Waals surface area contributed by atoms with Gasteiger partial charge in [0, 0.05) is 30.1 Å². The van der Waals surface area contributed by atoms with Crippen molar-refractivity contribution < 1.29 is 9.18 Å². The second-order valence-corrected chi connectivity index (χ2v) is 5.70. The molecule has 6 nitrogen and oxygen atoms in total. The molecule has 0 spiro atoms. The van der Waals surface area contributed by atoms with E-state index in [1.807, 2.05) is 18.3 Å². The number of hydrogen-bond donors (Lipinski definition) is 1. The third kappa shape index (κ3) is 3.14. The average molecular weight is 347 g/mol. The van der Waals surface area contributed by atoms with Gasteiger partial charge in [0.25, 0.3) is 11.7 Å². The summed E-state index contributed by atoms with van der Waals surface area (Å²) in [6.45, 7) is 0.335. The van der Waals surface area contributed by atoms with Crippen LogP contribution in [0.5, 0.6) is 0 Å². The fourth-order valence-electron chi connectivity index (χ4n) is 2.60. The van der Waals surface area contributed by atoms with Crippen LogP contribution in [0.25, 0.3) is 17.2 Å². The van der Waals surface area contributed by atoms with Gasteiger partial charge in [-0.2, -0.15) is 0 Å². The van der Waals surface area contributed by atoms with Gasteiger partial charge in [-0.1, -0.05) is 24.3 Å². The molecule has 0 bridgehead atoms. The molecule has 128 valence electrons. The molecule has 2 heterocycles. The highest BCUT2D eigenvalue weighted by Gasteiger charge is 2.10. The number of nitrogens with one attached hydrogen (secondary N) is 1. The Bertz CT molecular complexity index is 1060. The lowest BCUT2D eigenvalue weighted by molar-refractivity contribution is 0.0951. The lowest BCUT2D eigenvalue weighted by atomic mass is 10.1. The third-order valence-electron chi connectivity index (χ3n) is 3.96. The van der Waals surface area contributed by atoms with E-state index in [0.717, 1.165) is 11.1 Å². The zero-order valence-corrected chi connectivity index (χ0v) is 13.6. The highest BCUT2D eigenvalue weighted by molar-refractivity contribution is 5.94. The molecule has 1 N–H and O–H groups in total. The van der Waals surface area contributed by atoms with Crippen LogP contribution in [0.1, 0.15) is 15.9 Å². The first kappa shape index (κ1) is 15.9. The molecule has 0 aliphatic rings. The average Bonchev–Trinajstić information content (AvgIpc) is 3.11. The largest absolute Gasteiger partial charge is 0.348 e. The Balaban J connectivity index is 1.48. The van der Waals surface area contributed by atoms with E-state index in [1.54, 1.807) is 40.9 Å². The maximum Gasteiger partial charge on any atom is 0.255 e. The number of fused-ring (bicyclic) bond motifs is 1. The Morgan fingerprint density at radius 3 is 2.58 bits per heavy atom. The molecule has 0 fully saturated rings. The van der Waals surface area contributed by atoms with Crippen molar-refractivity contribution in [3.63, 3.8) is 0 Å². The van der Waals surface area contributed by atoms with Gasteiger partial charge in [-0.25, -0.2) is 9.37 Å². The molecule has 0 radical (unpaired) electrons. The van der Waals surface area contributed by atoms with Gasteiger partial charge in [0.05, 0.1) is 0 Å². The molecule has 4 aromatic rings. The van der Waals surface area contributed by atoms with Crippen LogP contribution in [0.4, 0.5) is 4.39 Å². The van der Waals surface area contributed by atoms with Gasteiger partial charge in [-0.3, -0.25) is 9.20 Å². The summed E-state index contributed by atoms with van der Waals surface area (Å²) in [6, 6.07) is 14.9. The fraction of sp³-hybridized carbons (Fsp3) is 0.0526. The van der Waals surface area contributed by atoms with E-state index in [9.17, 15) is 9.18 Å². The van der Waals surface area contributed by atoms with Crippen molar-refractivity contribution in [3.05, 3.63) is 83.9 Å². The second kappa shape index (κ2) is 6.72. The minimum absolute atomic E-state index is 0.200. The number of benzene rings is 2. The first-order valence-electron chi connectivity index (χ1n) is 7.99. The zero-order valence-electron chi connectivity index (χ0n) is 13.6. The SMILES string of the molecule is O=C(NCc1ccc(F)cc1)c1ccc(-c2nnc3ncccn23)cc1. The molecule has 2 aromatic carbocycles. The minimum atomic E-state index is -0.299. The normalized spacial score (nSPS) is 10.8. The Kier molecular flexibility index (Phi) is 4.10. The summed E-state index contributed by atoms with van der Waals surface area (Å²) in [5.74, 6) is 0.676. The smallest absolute Gasteiger partial charge is 0.255 e. The van der Waals surface area contributed by atoms with Crippen LogP contribution in [0, 0.1) is 5.82 Å². The number of hydrogen-bond acceptors (Lipinski definition) is 4. The van der Waals surface area contributed by atoms with Crippen LogP contribution >= 0.6 is 0 Å². The number of carbonyl (C=O) groups excluding carboxylic acids is 1. The quantitative estimate of drug-likeness (QED) is 0.616. The van der Waals surface area contributed by atoms with Crippen molar-refractivity contribution in [3.8, 4) is 11.4 Å². The van der Waals surface area contributed by atoms with Crippen molar-refractivity contribution in [1.82, 2.24) is 24.9 Å². The minimum Gasteiger partial charge on any atom is -0.348 e. The van der Waals surface area contributed by atoms with Gasteiger partial charge in [0.1, 0.15) is 5.82 Å². The van der Waals surface area contributed by atoms with Crippen LogP contribution in [0.15, 0.2) is 67.0 Å². The van der Waals surface area contributed by atoms with Crippen molar-refractivity contribution in [2.45, 2.75) is 6.54 Å². The first-order chi connectivity index (χ1) is 12.7. The number of rotatable bonds is 4. The van der Waals surface area contributed by atoms with Crippen LogP contribution in [0.3, 0.4) is 0 Å². The Morgan fingerprint density at radius 1 is 1.04 bits per heavy atom. The summed E-state index contributed by atoms with van der Waals surface area (Å²) >= 11 is 0. The van der Waals surface area contributed by atoms with Crippen molar-refractivity contribution >= 4 is 11.7 Å². The number of amides is 1. The summed E-state index contributed by atoms with van der Waals surface area (Å²) in [5.41, 5.74) is 2.20. The zero-order chi connectivity index (χ0) is 17.9. The molecular formula is C19H14FN5O. The maximum atomic E-state index is 12.9. The third-order valence-corrected chi connectivity index (χ3v) is 3.96.